The molecule has 2 rings (SSSR count). The number of thiophene rings is 1. The van der Waals surface area contributed by atoms with E-state index in [1.807, 2.05) is 24.4 Å². The fourth-order valence-corrected chi connectivity index (χ4v) is 2.57. The van der Waals surface area contributed by atoms with E-state index in [2.05, 4.69) is 0 Å². The van der Waals surface area contributed by atoms with Gasteiger partial charge in [0.25, 0.3) is 0 Å². The highest BCUT2D eigenvalue weighted by Gasteiger charge is 2.22. The van der Waals surface area contributed by atoms with E-state index in [9.17, 15) is 9.90 Å². The predicted octanol–water partition coefficient (Wildman–Crippen LogP) is 1.66. The number of hydrogen-bond donors (Lipinski definition) is 1. The number of aryl methyl sites for hydroxylation is 1. The second-order valence-corrected chi connectivity index (χ2v) is 4.98. The molecule has 2 heterocycles. The van der Waals surface area contributed by atoms with Gasteiger partial charge in [-0.15, -0.1) is 11.3 Å². The van der Waals surface area contributed by atoms with Gasteiger partial charge < -0.3 is 10.0 Å². The maximum Gasteiger partial charge on any atom is 0.246 e. The highest BCUT2D eigenvalue weighted by molar-refractivity contribution is 7.11. The first-order valence-electron chi connectivity index (χ1n) is 5.36. The van der Waals surface area contributed by atoms with Crippen LogP contribution in [0.5, 0.6) is 0 Å². The van der Waals surface area contributed by atoms with Crippen molar-refractivity contribution in [3.8, 4) is 0 Å². The van der Waals surface area contributed by atoms with Gasteiger partial charge in [0.1, 0.15) is 0 Å². The van der Waals surface area contributed by atoms with Crippen LogP contribution >= 0.6 is 11.3 Å². The SMILES string of the molecule is Cc1ccsc1C=CC(=O)N1CC[C@H](O)C1. The minimum absolute atomic E-state index is 0.00986. The van der Waals surface area contributed by atoms with Crippen LogP contribution in [0, 0.1) is 6.92 Å². The Balaban J connectivity index is 1.97. The molecular formula is C12H15NO2S. The van der Waals surface area contributed by atoms with Gasteiger partial charge in [0, 0.05) is 24.0 Å². The van der Waals surface area contributed by atoms with Crippen molar-refractivity contribution >= 4 is 23.3 Å². The van der Waals surface area contributed by atoms with Crippen LogP contribution in [0.3, 0.4) is 0 Å². The summed E-state index contributed by atoms with van der Waals surface area (Å²) in [5.74, 6) is -0.00986. The molecule has 1 aliphatic heterocycles. The number of hydrogen-bond acceptors (Lipinski definition) is 3. The smallest absolute Gasteiger partial charge is 0.246 e. The topological polar surface area (TPSA) is 40.5 Å². The maximum absolute atomic E-state index is 11.7. The number of β-amino-alcohol motifs (C(OH)–C–C–N with tert-alkyl or cyclic N) is 1. The van der Waals surface area contributed by atoms with Crippen LogP contribution in [0.1, 0.15) is 16.9 Å². The number of aliphatic hydroxyl groups excluding tert-OH is 1. The molecule has 1 aromatic rings. The summed E-state index contributed by atoms with van der Waals surface area (Å²) in [6, 6.07) is 2.04. The first kappa shape index (κ1) is 11.4. The first-order valence-corrected chi connectivity index (χ1v) is 6.24. The Bertz CT molecular complexity index is 411. The van der Waals surface area contributed by atoms with E-state index in [4.69, 9.17) is 0 Å². The Labute approximate surface area is 99.0 Å². The minimum Gasteiger partial charge on any atom is -0.391 e. The second-order valence-electron chi connectivity index (χ2n) is 4.03. The zero-order valence-electron chi connectivity index (χ0n) is 9.22. The summed E-state index contributed by atoms with van der Waals surface area (Å²) < 4.78 is 0. The van der Waals surface area contributed by atoms with Crippen LogP contribution in [0.2, 0.25) is 0 Å². The summed E-state index contributed by atoms with van der Waals surface area (Å²) in [4.78, 5) is 14.5. The Morgan fingerprint density at radius 2 is 2.50 bits per heavy atom. The summed E-state index contributed by atoms with van der Waals surface area (Å²) in [5, 5.41) is 11.3. The molecule has 1 aliphatic rings. The van der Waals surface area contributed by atoms with Crippen molar-refractivity contribution in [2.75, 3.05) is 13.1 Å². The normalized spacial score (nSPS) is 20.9. The largest absolute Gasteiger partial charge is 0.391 e. The lowest BCUT2D eigenvalue weighted by Gasteiger charge is -2.12. The van der Waals surface area contributed by atoms with Gasteiger partial charge in [-0.2, -0.15) is 0 Å². The highest BCUT2D eigenvalue weighted by Crippen LogP contribution is 2.17. The molecular weight excluding hydrogens is 222 g/mol. The average molecular weight is 237 g/mol. The van der Waals surface area contributed by atoms with Crippen molar-refractivity contribution in [1.29, 1.82) is 0 Å². The van der Waals surface area contributed by atoms with E-state index in [1.54, 1.807) is 22.3 Å². The summed E-state index contributed by atoms with van der Waals surface area (Å²) in [7, 11) is 0. The van der Waals surface area contributed by atoms with Crippen molar-refractivity contribution in [1.82, 2.24) is 4.90 Å². The van der Waals surface area contributed by atoms with Crippen LogP contribution in [0.15, 0.2) is 17.5 Å². The van der Waals surface area contributed by atoms with Crippen LogP contribution in [-0.4, -0.2) is 35.1 Å². The molecule has 1 saturated heterocycles. The minimum atomic E-state index is -0.346. The standard InChI is InChI=1S/C12H15NO2S/c1-9-5-7-16-11(9)2-3-12(15)13-6-4-10(14)8-13/h2-3,5,7,10,14H,4,6,8H2,1H3/t10-/m0/s1. The highest BCUT2D eigenvalue weighted by atomic mass is 32.1. The van der Waals surface area contributed by atoms with Crippen LogP contribution in [0.25, 0.3) is 6.08 Å². The van der Waals surface area contributed by atoms with Crippen molar-refractivity contribution < 1.29 is 9.90 Å². The molecule has 1 fully saturated rings. The van der Waals surface area contributed by atoms with E-state index < -0.39 is 0 Å². The number of likely N-dealkylation sites (tertiary alicyclic amines) is 1. The molecule has 0 saturated carbocycles. The Morgan fingerprint density at radius 3 is 3.06 bits per heavy atom. The summed E-state index contributed by atoms with van der Waals surface area (Å²) >= 11 is 1.63. The van der Waals surface area contributed by atoms with Crippen LogP contribution in [-0.2, 0) is 4.79 Å². The van der Waals surface area contributed by atoms with Gasteiger partial charge in [0.2, 0.25) is 5.91 Å². The fraction of sp³-hybridized carbons (Fsp3) is 0.417. The van der Waals surface area contributed by atoms with Gasteiger partial charge in [-0.1, -0.05) is 0 Å². The monoisotopic (exact) mass is 237 g/mol. The van der Waals surface area contributed by atoms with Gasteiger partial charge in [-0.05, 0) is 36.4 Å². The van der Waals surface area contributed by atoms with Gasteiger partial charge >= 0.3 is 0 Å². The molecule has 1 atom stereocenters. The van der Waals surface area contributed by atoms with Crippen molar-refractivity contribution in [2.24, 2.45) is 0 Å². The van der Waals surface area contributed by atoms with E-state index in [-0.39, 0.29) is 12.0 Å². The molecule has 0 bridgehead atoms. The molecule has 4 heteroatoms. The van der Waals surface area contributed by atoms with E-state index in [0.29, 0.717) is 19.5 Å². The molecule has 16 heavy (non-hydrogen) atoms. The third kappa shape index (κ3) is 2.51. The zero-order chi connectivity index (χ0) is 11.5. The van der Waals surface area contributed by atoms with Gasteiger partial charge in [-0.25, -0.2) is 0 Å². The Morgan fingerprint density at radius 1 is 1.69 bits per heavy atom. The number of nitrogens with zero attached hydrogens (tertiary/aromatic N) is 1. The third-order valence-corrected chi connectivity index (χ3v) is 3.74. The zero-order valence-corrected chi connectivity index (χ0v) is 10.0. The molecule has 1 amide bonds. The van der Waals surface area contributed by atoms with Crippen molar-refractivity contribution in [2.45, 2.75) is 19.4 Å². The number of rotatable bonds is 2. The van der Waals surface area contributed by atoms with Crippen LogP contribution < -0.4 is 0 Å². The lowest BCUT2D eigenvalue weighted by Crippen LogP contribution is -2.27. The van der Waals surface area contributed by atoms with Crippen molar-refractivity contribution in [3.63, 3.8) is 0 Å². The quantitative estimate of drug-likeness (QED) is 0.795. The lowest BCUT2D eigenvalue weighted by atomic mass is 10.3. The lowest BCUT2D eigenvalue weighted by molar-refractivity contribution is -0.125. The predicted molar refractivity (Wildman–Crippen MR) is 65.3 cm³/mol. The number of amides is 1. The molecule has 86 valence electrons. The second kappa shape index (κ2) is 4.80. The molecule has 1 N–H and O–H groups in total. The molecule has 3 nitrogen and oxygen atoms in total. The van der Waals surface area contributed by atoms with Gasteiger partial charge in [-0.3, -0.25) is 4.79 Å². The molecule has 1 aromatic heterocycles. The van der Waals surface area contributed by atoms with Gasteiger partial charge in [0.05, 0.1) is 6.10 Å². The number of carbonyl (C=O) groups excluding carboxylic acids is 1. The summed E-state index contributed by atoms with van der Waals surface area (Å²) in [6.07, 6.45) is 3.79. The molecule has 0 unspecified atom stereocenters. The Kier molecular flexibility index (Phi) is 3.41. The fourth-order valence-electron chi connectivity index (χ4n) is 1.75. The molecule has 0 radical (unpaired) electrons. The Hall–Kier alpha value is -1.13. The van der Waals surface area contributed by atoms with Crippen molar-refractivity contribution in [3.05, 3.63) is 28.0 Å². The molecule has 0 spiro atoms. The average Bonchev–Trinajstić information content (AvgIpc) is 2.84. The van der Waals surface area contributed by atoms with Crippen LogP contribution in [0.4, 0.5) is 0 Å². The number of carbonyl (C=O) groups is 1. The summed E-state index contributed by atoms with van der Waals surface area (Å²) in [6.45, 7) is 3.15. The molecule has 0 aliphatic carbocycles. The van der Waals surface area contributed by atoms with Gasteiger partial charge in [0.15, 0.2) is 0 Å². The first-order chi connectivity index (χ1) is 7.66. The maximum atomic E-state index is 11.7. The number of aliphatic hydroxyl groups is 1. The van der Waals surface area contributed by atoms with E-state index in [1.165, 1.54) is 5.56 Å². The molecule has 0 aromatic carbocycles. The van der Waals surface area contributed by atoms with E-state index in [0.717, 1.165) is 4.88 Å². The summed E-state index contributed by atoms with van der Waals surface area (Å²) in [5.41, 5.74) is 1.19. The third-order valence-electron chi connectivity index (χ3n) is 2.75. The van der Waals surface area contributed by atoms with E-state index >= 15 is 0 Å².